The molecule has 0 saturated carbocycles. The molecule has 0 aromatic heterocycles. The lowest BCUT2D eigenvalue weighted by Crippen LogP contribution is -2.62. The number of piperidine rings is 1. The lowest BCUT2D eigenvalue weighted by molar-refractivity contribution is -0.139. The number of aryl methyl sites for hydroxylation is 1. The smallest absolute Gasteiger partial charge is 0.223 e. The van der Waals surface area contributed by atoms with E-state index in [2.05, 4.69) is 4.90 Å². The van der Waals surface area contributed by atoms with Crippen LogP contribution in [0, 0.1) is 5.92 Å². The number of likely N-dealkylation sites (tertiary alicyclic amines) is 2. The Morgan fingerprint density at radius 1 is 1.19 bits per heavy atom. The molecule has 2 aliphatic heterocycles. The second-order valence-corrected chi connectivity index (χ2v) is 7.21. The predicted octanol–water partition coefficient (Wildman–Crippen LogP) is 1.43. The van der Waals surface area contributed by atoms with Crippen LogP contribution < -0.4 is 10.5 Å². The number of nitrogens with two attached hydrogens (primary N) is 1. The Kier molecular flexibility index (Phi) is 6.14. The summed E-state index contributed by atoms with van der Waals surface area (Å²) in [6.45, 7) is 6.00. The van der Waals surface area contributed by atoms with E-state index in [9.17, 15) is 9.59 Å². The number of amides is 2. The van der Waals surface area contributed by atoms with E-state index in [1.165, 1.54) is 0 Å². The van der Waals surface area contributed by atoms with Crippen LogP contribution >= 0.6 is 0 Å². The van der Waals surface area contributed by atoms with Crippen LogP contribution in [0.15, 0.2) is 24.3 Å². The van der Waals surface area contributed by atoms with Crippen molar-refractivity contribution in [2.45, 2.75) is 38.6 Å². The topological polar surface area (TPSA) is 75.9 Å². The summed E-state index contributed by atoms with van der Waals surface area (Å²) >= 11 is 0. The highest BCUT2D eigenvalue weighted by molar-refractivity contribution is 5.78. The zero-order valence-electron chi connectivity index (χ0n) is 15.5. The Hall–Kier alpha value is -2.08. The van der Waals surface area contributed by atoms with Gasteiger partial charge in [-0.15, -0.1) is 0 Å². The molecule has 3 rings (SSSR count). The molecule has 142 valence electrons. The standard InChI is InChI=1S/C20H29N3O3/c1-2-26-18-6-4-3-5-15(18)7-8-19(24)23-13-17(14-23)22-11-9-16(10-12-22)20(21)25/h3-6,16-17H,2,7-14H2,1H3,(H2,21,25). The molecule has 0 spiro atoms. The summed E-state index contributed by atoms with van der Waals surface area (Å²) in [5.74, 6) is 0.929. The summed E-state index contributed by atoms with van der Waals surface area (Å²) in [5.41, 5.74) is 6.48. The van der Waals surface area contributed by atoms with E-state index in [4.69, 9.17) is 10.5 Å². The first-order valence-electron chi connectivity index (χ1n) is 9.60. The molecule has 0 atom stereocenters. The van der Waals surface area contributed by atoms with Gasteiger partial charge in [0.05, 0.1) is 6.61 Å². The Bertz CT molecular complexity index is 635. The van der Waals surface area contributed by atoms with Crippen molar-refractivity contribution >= 4 is 11.8 Å². The number of benzene rings is 1. The Balaban J connectivity index is 1.41. The molecule has 0 radical (unpaired) electrons. The molecule has 2 heterocycles. The highest BCUT2D eigenvalue weighted by atomic mass is 16.5. The van der Waals surface area contributed by atoms with E-state index in [1.54, 1.807) is 0 Å². The summed E-state index contributed by atoms with van der Waals surface area (Å²) in [4.78, 5) is 28.0. The predicted molar refractivity (Wildman–Crippen MR) is 99.8 cm³/mol. The zero-order valence-corrected chi connectivity index (χ0v) is 15.5. The molecule has 26 heavy (non-hydrogen) atoms. The second kappa shape index (κ2) is 8.54. The van der Waals surface area contributed by atoms with Gasteiger partial charge in [0.1, 0.15) is 5.75 Å². The number of rotatable bonds is 7. The average Bonchev–Trinajstić information content (AvgIpc) is 2.60. The van der Waals surface area contributed by atoms with E-state index in [0.29, 0.717) is 25.5 Å². The number of hydrogen-bond donors (Lipinski definition) is 1. The van der Waals surface area contributed by atoms with Crippen LogP contribution in [0.25, 0.3) is 0 Å². The molecule has 2 N–H and O–H groups in total. The SMILES string of the molecule is CCOc1ccccc1CCC(=O)N1CC(N2CCC(C(N)=O)CC2)C1. The van der Waals surface area contributed by atoms with Gasteiger partial charge in [-0.3, -0.25) is 14.5 Å². The summed E-state index contributed by atoms with van der Waals surface area (Å²) < 4.78 is 5.63. The highest BCUT2D eigenvalue weighted by Crippen LogP contribution is 2.24. The molecular formula is C20H29N3O3. The molecule has 1 aromatic carbocycles. The molecular weight excluding hydrogens is 330 g/mol. The van der Waals surface area contributed by atoms with Gasteiger partial charge >= 0.3 is 0 Å². The number of hydrogen-bond acceptors (Lipinski definition) is 4. The molecule has 2 fully saturated rings. The molecule has 1 aromatic rings. The van der Waals surface area contributed by atoms with Crippen molar-refractivity contribution in [2.75, 3.05) is 32.8 Å². The van der Waals surface area contributed by atoms with Crippen molar-refractivity contribution < 1.29 is 14.3 Å². The Morgan fingerprint density at radius 3 is 2.54 bits per heavy atom. The van der Waals surface area contributed by atoms with Crippen LogP contribution in [0.5, 0.6) is 5.75 Å². The van der Waals surface area contributed by atoms with Crippen molar-refractivity contribution in [2.24, 2.45) is 11.7 Å². The lowest BCUT2D eigenvalue weighted by atomic mass is 9.93. The number of carbonyl (C=O) groups is 2. The summed E-state index contributed by atoms with van der Waals surface area (Å²) in [7, 11) is 0. The normalized spacial score (nSPS) is 19.2. The van der Waals surface area contributed by atoms with Crippen molar-refractivity contribution in [1.82, 2.24) is 9.80 Å². The zero-order chi connectivity index (χ0) is 18.5. The molecule has 6 heteroatoms. The van der Waals surface area contributed by atoms with Gasteiger partial charge in [0, 0.05) is 31.5 Å². The average molecular weight is 359 g/mol. The number of carbonyl (C=O) groups excluding carboxylic acids is 2. The van der Waals surface area contributed by atoms with Crippen LogP contribution in [-0.2, 0) is 16.0 Å². The minimum absolute atomic E-state index is 0.0227. The van der Waals surface area contributed by atoms with Crippen LogP contribution in [0.3, 0.4) is 0 Å². The molecule has 0 bridgehead atoms. The molecule has 6 nitrogen and oxygen atoms in total. The van der Waals surface area contributed by atoms with Crippen LogP contribution in [0.4, 0.5) is 0 Å². The maximum atomic E-state index is 12.4. The van der Waals surface area contributed by atoms with Gasteiger partial charge in [0.15, 0.2) is 0 Å². The van der Waals surface area contributed by atoms with Crippen LogP contribution in [0.2, 0.25) is 0 Å². The minimum Gasteiger partial charge on any atom is -0.494 e. The third kappa shape index (κ3) is 4.36. The summed E-state index contributed by atoms with van der Waals surface area (Å²) in [6.07, 6.45) is 2.91. The maximum Gasteiger partial charge on any atom is 0.223 e. The van der Waals surface area contributed by atoms with Gasteiger partial charge in [0.2, 0.25) is 11.8 Å². The monoisotopic (exact) mass is 359 g/mol. The Labute approximate surface area is 155 Å². The van der Waals surface area contributed by atoms with Gasteiger partial charge in [-0.05, 0) is 50.9 Å². The first-order chi connectivity index (χ1) is 12.6. The maximum absolute atomic E-state index is 12.4. The van der Waals surface area contributed by atoms with Crippen molar-refractivity contribution in [1.29, 1.82) is 0 Å². The van der Waals surface area contributed by atoms with E-state index in [0.717, 1.165) is 50.3 Å². The second-order valence-electron chi connectivity index (χ2n) is 7.21. The van der Waals surface area contributed by atoms with Crippen molar-refractivity contribution in [3.63, 3.8) is 0 Å². The van der Waals surface area contributed by atoms with Gasteiger partial charge in [-0.1, -0.05) is 18.2 Å². The third-order valence-electron chi connectivity index (χ3n) is 5.54. The van der Waals surface area contributed by atoms with Crippen molar-refractivity contribution in [3.05, 3.63) is 29.8 Å². The number of ether oxygens (including phenoxy) is 1. The van der Waals surface area contributed by atoms with E-state index in [1.807, 2.05) is 36.1 Å². The van der Waals surface area contributed by atoms with E-state index < -0.39 is 0 Å². The lowest BCUT2D eigenvalue weighted by Gasteiger charge is -2.47. The van der Waals surface area contributed by atoms with Crippen molar-refractivity contribution in [3.8, 4) is 5.75 Å². The molecule has 2 aliphatic rings. The Morgan fingerprint density at radius 2 is 1.88 bits per heavy atom. The minimum atomic E-state index is -0.178. The van der Waals surface area contributed by atoms with Crippen LogP contribution in [-0.4, -0.2) is 60.4 Å². The largest absolute Gasteiger partial charge is 0.494 e. The molecule has 0 aliphatic carbocycles. The summed E-state index contributed by atoms with van der Waals surface area (Å²) in [6, 6.07) is 8.36. The number of nitrogens with zero attached hydrogens (tertiary/aromatic N) is 2. The van der Waals surface area contributed by atoms with Gasteiger partial charge < -0.3 is 15.4 Å². The summed E-state index contributed by atoms with van der Waals surface area (Å²) in [5, 5.41) is 0. The number of para-hydroxylation sites is 1. The van der Waals surface area contributed by atoms with E-state index >= 15 is 0 Å². The molecule has 0 unspecified atom stereocenters. The first kappa shape index (κ1) is 18.7. The fourth-order valence-electron chi connectivity index (χ4n) is 3.85. The van der Waals surface area contributed by atoms with Gasteiger partial charge in [0.25, 0.3) is 0 Å². The van der Waals surface area contributed by atoms with E-state index in [-0.39, 0.29) is 17.7 Å². The van der Waals surface area contributed by atoms with Gasteiger partial charge in [-0.25, -0.2) is 0 Å². The number of primary amides is 1. The highest BCUT2D eigenvalue weighted by Gasteiger charge is 2.36. The quantitative estimate of drug-likeness (QED) is 0.799. The first-order valence-corrected chi connectivity index (χ1v) is 9.60. The van der Waals surface area contributed by atoms with Crippen LogP contribution in [0.1, 0.15) is 31.7 Å². The third-order valence-corrected chi connectivity index (χ3v) is 5.54. The van der Waals surface area contributed by atoms with Gasteiger partial charge in [-0.2, -0.15) is 0 Å². The molecule has 2 amide bonds. The fourth-order valence-corrected chi connectivity index (χ4v) is 3.85. The fraction of sp³-hybridized carbons (Fsp3) is 0.600. The molecule has 2 saturated heterocycles.